The van der Waals surface area contributed by atoms with Crippen LogP contribution in [0, 0.1) is 23.2 Å². The number of amides is 1. The van der Waals surface area contributed by atoms with Crippen LogP contribution in [0.15, 0.2) is 77.9 Å². The van der Waals surface area contributed by atoms with E-state index >= 15 is 0 Å². The van der Waals surface area contributed by atoms with Crippen LogP contribution in [0.4, 0.5) is 0 Å². The van der Waals surface area contributed by atoms with Gasteiger partial charge < -0.3 is 30.1 Å². The smallest absolute Gasteiger partial charge is 0.254 e. The van der Waals surface area contributed by atoms with Crippen molar-refractivity contribution in [1.82, 2.24) is 4.90 Å². The number of nitrogens with zero attached hydrogens (tertiary/aromatic N) is 1. The zero-order valence-electron chi connectivity index (χ0n) is 29.7. The first-order chi connectivity index (χ1) is 23.4. The highest BCUT2D eigenvalue weighted by atomic mass is 16.5. The summed E-state index contributed by atoms with van der Waals surface area (Å²) >= 11 is 0. The van der Waals surface area contributed by atoms with Crippen molar-refractivity contribution in [3.05, 3.63) is 83.5 Å². The number of aliphatic hydroxyl groups is 4. The average Bonchev–Trinajstić information content (AvgIpc) is 3.54. The van der Waals surface area contributed by atoms with Crippen molar-refractivity contribution < 1.29 is 30.0 Å². The third-order valence-electron chi connectivity index (χ3n) is 12.6. The van der Waals surface area contributed by atoms with E-state index in [0.29, 0.717) is 49.1 Å². The van der Waals surface area contributed by atoms with Gasteiger partial charge in [0, 0.05) is 38.6 Å². The Morgan fingerprint density at radius 2 is 1.88 bits per heavy atom. The molecule has 7 nitrogen and oxygen atoms in total. The molecule has 1 aliphatic heterocycles. The van der Waals surface area contributed by atoms with Crippen molar-refractivity contribution in [2.24, 2.45) is 23.2 Å². The first-order valence-corrected chi connectivity index (χ1v) is 18.6. The van der Waals surface area contributed by atoms with E-state index in [1.807, 2.05) is 4.90 Å². The van der Waals surface area contributed by atoms with E-state index in [9.17, 15) is 20.1 Å². The fourth-order valence-electron chi connectivity index (χ4n) is 10.0. The van der Waals surface area contributed by atoms with Crippen LogP contribution in [0.3, 0.4) is 0 Å². The van der Waals surface area contributed by atoms with E-state index in [-0.39, 0.29) is 30.6 Å². The van der Waals surface area contributed by atoms with E-state index in [4.69, 9.17) is 9.84 Å². The van der Waals surface area contributed by atoms with Crippen molar-refractivity contribution in [2.45, 2.75) is 115 Å². The second kappa shape index (κ2) is 14.8. The number of aliphatic hydroxyl groups excluding tert-OH is 3. The van der Waals surface area contributed by atoms with E-state index < -0.39 is 23.9 Å². The van der Waals surface area contributed by atoms with Gasteiger partial charge in [-0.25, -0.2) is 0 Å². The first kappa shape index (κ1) is 36.0. The quantitative estimate of drug-likeness (QED) is 0.210. The average molecular weight is 672 g/mol. The van der Waals surface area contributed by atoms with Crippen LogP contribution in [0.25, 0.3) is 10.8 Å². The second-order valence-electron chi connectivity index (χ2n) is 16.0. The third kappa shape index (κ3) is 7.34. The number of hydrogen-bond acceptors (Lipinski definition) is 6. The maximum atomic E-state index is 13.5. The highest BCUT2D eigenvalue weighted by Crippen LogP contribution is 2.60. The molecule has 49 heavy (non-hydrogen) atoms. The van der Waals surface area contributed by atoms with Crippen LogP contribution in [-0.4, -0.2) is 80.9 Å². The molecule has 4 N–H and O–H groups in total. The fourth-order valence-corrected chi connectivity index (χ4v) is 10.0. The number of likely N-dealkylation sites (tertiary alicyclic amines) is 1. The summed E-state index contributed by atoms with van der Waals surface area (Å²) < 4.78 is 5.69. The molecule has 7 heteroatoms. The normalized spacial score (nSPS) is 35.9. The van der Waals surface area contributed by atoms with E-state index in [2.05, 4.69) is 75.0 Å². The number of benzene rings is 2. The van der Waals surface area contributed by atoms with Crippen LogP contribution in [0.5, 0.6) is 0 Å². The molecule has 6 rings (SSSR count). The minimum atomic E-state index is -1.32. The zero-order valence-corrected chi connectivity index (χ0v) is 29.7. The maximum Gasteiger partial charge on any atom is 0.254 e. The predicted octanol–water partition coefficient (Wildman–Crippen LogP) is 6.28. The molecule has 2 aromatic carbocycles. The largest absolute Gasteiger partial charge is 0.396 e. The first-order valence-electron chi connectivity index (χ1n) is 18.6. The second-order valence-corrected chi connectivity index (χ2v) is 16.0. The molecular weight excluding hydrogens is 614 g/mol. The molecule has 1 saturated heterocycles. The van der Waals surface area contributed by atoms with Crippen molar-refractivity contribution in [1.29, 1.82) is 0 Å². The lowest BCUT2D eigenvalue weighted by Gasteiger charge is -2.45. The molecule has 4 fully saturated rings. The molecule has 9 atom stereocenters. The van der Waals surface area contributed by atoms with Gasteiger partial charge in [0.05, 0.1) is 6.10 Å². The van der Waals surface area contributed by atoms with E-state index in [1.54, 1.807) is 6.92 Å². The van der Waals surface area contributed by atoms with Crippen molar-refractivity contribution in [3.8, 4) is 0 Å². The summed E-state index contributed by atoms with van der Waals surface area (Å²) in [4.78, 5) is 15.4. The zero-order chi connectivity index (χ0) is 34.9. The minimum absolute atomic E-state index is 0.00580. The maximum absolute atomic E-state index is 13.5. The number of hydrogen-bond donors (Lipinski definition) is 4. The Morgan fingerprint density at radius 3 is 2.65 bits per heavy atom. The van der Waals surface area contributed by atoms with E-state index in [0.717, 1.165) is 44.1 Å². The molecule has 0 bridgehead atoms. The summed E-state index contributed by atoms with van der Waals surface area (Å²) in [5.74, 6) is 1.28. The monoisotopic (exact) mass is 671 g/mol. The van der Waals surface area contributed by atoms with Gasteiger partial charge in [0.25, 0.3) is 5.91 Å². The molecule has 2 aromatic rings. The Morgan fingerprint density at radius 1 is 1.10 bits per heavy atom. The minimum Gasteiger partial charge on any atom is -0.396 e. The van der Waals surface area contributed by atoms with Crippen molar-refractivity contribution >= 4 is 16.7 Å². The van der Waals surface area contributed by atoms with Gasteiger partial charge in [0.1, 0.15) is 17.8 Å². The van der Waals surface area contributed by atoms with Crippen LogP contribution < -0.4 is 0 Å². The lowest BCUT2D eigenvalue weighted by Crippen LogP contribution is -2.45. The lowest BCUT2D eigenvalue weighted by atomic mass is 9.60. The van der Waals surface area contributed by atoms with Gasteiger partial charge in [-0.2, -0.15) is 0 Å². The number of carbonyl (C=O) groups excluding carboxylic acids is 1. The summed E-state index contributed by atoms with van der Waals surface area (Å²) in [7, 11) is 0. The van der Waals surface area contributed by atoms with Crippen LogP contribution in [-0.2, 0) is 16.0 Å². The summed E-state index contributed by atoms with van der Waals surface area (Å²) in [5.41, 5.74) is 2.97. The van der Waals surface area contributed by atoms with Crippen LogP contribution in [0.2, 0.25) is 0 Å². The molecule has 4 aliphatic rings. The molecule has 3 saturated carbocycles. The van der Waals surface area contributed by atoms with Crippen molar-refractivity contribution in [3.63, 3.8) is 0 Å². The van der Waals surface area contributed by atoms with Gasteiger partial charge >= 0.3 is 0 Å². The number of allylic oxidation sites excluding steroid dienone is 3. The summed E-state index contributed by atoms with van der Waals surface area (Å²) in [6.07, 6.45) is 10.4. The van der Waals surface area contributed by atoms with Gasteiger partial charge in [-0.1, -0.05) is 80.6 Å². The molecule has 266 valence electrons. The van der Waals surface area contributed by atoms with Gasteiger partial charge in [-0.05, 0) is 109 Å². The Kier molecular flexibility index (Phi) is 10.9. The Labute approximate surface area is 292 Å². The molecule has 3 aliphatic carbocycles. The highest BCUT2D eigenvalue weighted by Gasteiger charge is 2.53. The molecule has 1 heterocycles. The Hall–Kier alpha value is -2.81. The molecule has 0 spiro atoms. The van der Waals surface area contributed by atoms with Crippen molar-refractivity contribution in [2.75, 3.05) is 19.8 Å². The Bertz CT molecular complexity index is 1580. The number of rotatable bonds is 11. The number of ether oxygens (including phenoxy) is 1. The molecule has 0 unspecified atom stereocenters. The van der Waals surface area contributed by atoms with Gasteiger partial charge in [-0.3, -0.25) is 4.79 Å². The SMILES string of the molecule is C=C1/C(=C\C=C2/CCC[C@]3(C)[C@@H]([C@H](C)C[C@H]4C[C@](C)(O)C(=O)N4CCc4ccc5ccccc5c4)CC[C@@H]23)C[C@@H](O)[C@H](OCCCO)[C@@H]1O. The summed E-state index contributed by atoms with van der Waals surface area (Å²) in [6.45, 7) is 11.6. The molecule has 0 aromatic heterocycles. The topological polar surface area (TPSA) is 110 Å². The molecular formula is C42H57NO6. The van der Waals surface area contributed by atoms with E-state index in [1.165, 1.54) is 28.3 Å². The molecule has 1 amide bonds. The summed E-state index contributed by atoms with van der Waals surface area (Å²) in [6, 6.07) is 14.9. The fraction of sp³-hybridized carbons (Fsp3) is 0.595. The van der Waals surface area contributed by atoms with Crippen LogP contribution in [0.1, 0.15) is 84.1 Å². The van der Waals surface area contributed by atoms with Crippen LogP contribution >= 0.6 is 0 Å². The predicted molar refractivity (Wildman–Crippen MR) is 194 cm³/mol. The standard InChI is InChI=1S/C42H57NO6/c1-27(23-34-26-42(4,48)40(47)43(34)20-18-29-12-13-30-9-5-6-10-33(30)24-29)35-16-17-36-31(11-7-19-41(35,36)3)14-15-32-25-37(45)39(38(46)28(32)2)49-22-8-21-44/h5-6,9-10,12-15,24,27,34-39,44-46,48H,2,7-8,11,16-23,25-26H2,1,3-4H3/b31-14+,32-15-/t27-,34+,35-,36+,37-,38-,39+,41-,42+/m1/s1. The number of fused-ring (bicyclic) bond motifs is 2. The number of carbonyl (C=O) groups is 1. The van der Waals surface area contributed by atoms with Gasteiger partial charge in [0.15, 0.2) is 0 Å². The highest BCUT2D eigenvalue weighted by molar-refractivity contribution is 5.87. The van der Waals surface area contributed by atoms with Gasteiger partial charge in [-0.15, -0.1) is 0 Å². The summed E-state index contributed by atoms with van der Waals surface area (Å²) in [5, 5.41) is 44.2. The Balaban J connectivity index is 1.12. The lowest BCUT2D eigenvalue weighted by molar-refractivity contribution is -0.142. The van der Waals surface area contributed by atoms with Gasteiger partial charge in [0.2, 0.25) is 0 Å². The third-order valence-corrected chi connectivity index (χ3v) is 12.6. The molecule has 0 radical (unpaired) electrons.